The maximum Gasteiger partial charge on any atom is 0.271 e. The smallest absolute Gasteiger partial charge is 0.271 e. The van der Waals surface area contributed by atoms with Gasteiger partial charge >= 0.3 is 0 Å². The number of hydrogen-bond donors (Lipinski definition) is 1. The summed E-state index contributed by atoms with van der Waals surface area (Å²) >= 11 is 7.47. The molecule has 0 aliphatic carbocycles. The summed E-state index contributed by atoms with van der Waals surface area (Å²) in [6, 6.07) is 17.3. The van der Waals surface area contributed by atoms with Crippen molar-refractivity contribution in [3.8, 4) is 0 Å². The van der Waals surface area contributed by atoms with Crippen molar-refractivity contribution >= 4 is 40.6 Å². The predicted molar refractivity (Wildman–Crippen MR) is 137 cm³/mol. The van der Waals surface area contributed by atoms with E-state index in [0.717, 1.165) is 0 Å². The number of nitrogens with one attached hydrogen (secondary N) is 1. The Balaban J connectivity index is 1.67. The number of halogens is 3. The molecule has 1 aliphatic rings. The molecule has 1 unspecified atom stereocenters. The molecule has 1 aliphatic heterocycles. The van der Waals surface area contributed by atoms with Gasteiger partial charge in [-0.1, -0.05) is 53.3 Å². The summed E-state index contributed by atoms with van der Waals surface area (Å²) in [6.45, 7) is 1.68. The number of rotatable bonds is 4. The Hall–Kier alpha value is -3.88. The third kappa shape index (κ3) is 4.53. The lowest BCUT2D eigenvalue weighted by Crippen LogP contribution is -2.40. The van der Waals surface area contributed by atoms with Crippen molar-refractivity contribution < 1.29 is 13.6 Å². The number of allylic oxidation sites excluding steroid dienone is 1. The highest BCUT2D eigenvalue weighted by molar-refractivity contribution is 7.07. The van der Waals surface area contributed by atoms with Crippen LogP contribution in [0.15, 0.2) is 93.9 Å². The molecule has 1 atom stereocenters. The van der Waals surface area contributed by atoms with Crippen molar-refractivity contribution in [2.75, 3.05) is 5.32 Å². The van der Waals surface area contributed by atoms with E-state index in [1.54, 1.807) is 31.2 Å². The Labute approximate surface area is 213 Å². The average Bonchev–Trinajstić information content (AvgIpc) is 3.16. The molecule has 5 rings (SSSR count). The molecule has 1 aromatic heterocycles. The minimum atomic E-state index is -0.851. The molecule has 36 heavy (non-hydrogen) atoms. The van der Waals surface area contributed by atoms with Gasteiger partial charge in [0.1, 0.15) is 11.6 Å². The topological polar surface area (TPSA) is 63.5 Å². The lowest BCUT2D eigenvalue weighted by atomic mass is 9.95. The Morgan fingerprint density at radius 1 is 1.03 bits per heavy atom. The first-order valence-electron chi connectivity index (χ1n) is 10.9. The van der Waals surface area contributed by atoms with Gasteiger partial charge in [-0.15, -0.1) is 0 Å². The predicted octanol–water partition coefficient (Wildman–Crippen LogP) is 4.81. The fourth-order valence-electron chi connectivity index (χ4n) is 4.04. The quantitative estimate of drug-likeness (QED) is 0.419. The normalized spacial score (nSPS) is 15.4. The minimum absolute atomic E-state index is 0.225. The maximum absolute atomic E-state index is 13.7. The van der Waals surface area contributed by atoms with Crippen molar-refractivity contribution in [1.29, 1.82) is 0 Å². The van der Waals surface area contributed by atoms with Crippen molar-refractivity contribution in [2.45, 2.75) is 13.0 Å². The zero-order valence-corrected chi connectivity index (χ0v) is 20.4. The van der Waals surface area contributed by atoms with E-state index in [1.807, 2.05) is 6.07 Å². The molecule has 9 heteroatoms. The molecular formula is C27H18ClF2N3O2S. The van der Waals surface area contributed by atoms with Gasteiger partial charge in [-0.05, 0) is 66.6 Å². The summed E-state index contributed by atoms with van der Waals surface area (Å²) < 4.78 is 28.9. The molecule has 0 radical (unpaired) electrons. The number of fused-ring (bicyclic) bond motifs is 1. The number of thiazole rings is 1. The lowest BCUT2D eigenvalue weighted by Gasteiger charge is -2.25. The van der Waals surface area contributed by atoms with Crippen LogP contribution in [-0.2, 0) is 4.79 Å². The van der Waals surface area contributed by atoms with Crippen molar-refractivity contribution in [3.63, 3.8) is 0 Å². The van der Waals surface area contributed by atoms with E-state index in [4.69, 9.17) is 11.6 Å². The van der Waals surface area contributed by atoms with E-state index < -0.39 is 23.6 Å². The van der Waals surface area contributed by atoms with Crippen LogP contribution in [0, 0.1) is 11.6 Å². The number of benzene rings is 3. The number of carbonyl (C=O) groups excluding carboxylic acids is 1. The van der Waals surface area contributed by atoms with E-state index in [-0.39, 0.29) is 11.1 Å². The fraction of sp³-hybridized carbons (Fsp3) is 0.0741. The van der Waals surface area contributed by atoms with E-state index in [1.165, 1.54) is 64.4 Å². The van der Waals surface area contributed by atoms with Crippen LogP contribution >= 0.6 is 22.9 Å². The summed E-state index contributed by atoms with van der Waals surface area (Å²) in [7, 11) is 0. The van der Waals surface area contributed by atoms with Crippen LogP contribution in [-0.4, -0.2) is 10.5 Å². The molecule has 0 saturated heterocycles. The monoisotopic (exact) mass is 521 g/mol. The molecule has 0 spiro atoms. The van der Waals surface area contributed by atoms with Gasteiger partial charge in [0, 0.05) is 10.7 Å². The first-order chi connectivity index (χ1) is 17.3. The van der Waals surface area contributed by atoms with Crippen LogP contribution in [0.2, 0.25) is 5.02 Å². The van der Waals surface area contributed by atoms with Crippen LogP contribution in [0.25, 0.3) is 6.08 Å². The zero-order chi connectivity index (χ0) is 25.4. The Morgan fingerprint density at radius 3 is 2.33 bits per heavy atom. The first kappa shape index (κ1) is 23.8. The summed E-state index contributed by atoms with van der Waals surface area (Å²) in [4.78, 5) is 32.0. The van der Waals surface area contributed by atoms with E-state index in [9.17, 15) is 18.4 Å². The zero-order valence-electron chi connectivity index (χ0n) is 18.8. The van der Waals surface area contributed by atoms with Gasteiger partial charge < -0.3 is 5.32 Å². The minimum Gasteiger partial charge on any atom is -0.322 e. The average molecular weight is 522 g/mol. The number of nitrogens with zero attached hydrogens (tertiary/aromatic N) is 2. The Bertz CT molecular complexity index is 1690. The summed E-state index contributed by atoms with van der Waals surface area (Å²) in [6.07, 6.45) is 1.69. The highest BCUT2D eigenvalue weighted by Gasteiger charge is 2.32. The maximum atomic E-state index is 13.7. The van der Waals surface area contributed by atoms with Gasteiger partial charge in [-0.25, -0.2) is 13.8 Å². The lowest BCUT2D eigenvalue weighted by molar-refractivity contribution is -0.113. The Morgan fingerprint density at radius 2 is 1.67 bits per heavy atom. The standard InChI is InChI=1S/C27H18ClF2N3O2S/c1-15-23(25(34)32-20-12-10-19(30)11-13-20)24(16-6-8-18(29)9-7-16)33-26(35)22(36-27(33)31-15)14-17-4-2-3-5-21(17)28/h2-14,24H,1H3,(H,32,34)/b22-14+. The van der Waals surface area contributed by atoms with E-state index in [0.29, 0.717) is 36.9 Å². The Kier molecular flexibility index (Phi) is 6.38. The molecule has 0 bridgehead atoms. The van der Waals surface area contributed by atoms with Gasteiger partial charge in [0.15, 0.2) is 4.80 Å². The van der Waals surface area contributed by atoms with Gasteiger partial charge in [0.2, 0.25) is 0 Å². The third-order valence-electron chi connectivity index (χ3n) is 5.75. The van der Waals surface area contributed by atoms with E-state index in [2.05, 4.69) is 10.3 Å². The summed E-state index contributed by atoms with van der Waals surface area (Å²) in [5, 5.41) is 3.24. The molecule has 3 aromatic carbocycles. The van der Waals surface area contributed by atoms with Gasteiger partial charge in [-0.2, -0.15) is 0 Å². The van der Waals surface area contributed by atoms with Crippen LogP contribution in [0.5, 0.6) is 0 Å². The van der Waals surface area contributed by atoms with Crippen LogP contribution in [0.4, 0.5) is 14.5 Å². The number of aromatic nitrogens is 1. The highest BCUT2D eigenvalue weighted by atomic mass is 35.5. The van der Waals surface area contributed by atoms with Gasteiger partial charge in [0.05, 0.1) is 21.8 Å². The third-order valence-corrected chi connectivity index (χ3v) is 7.07. The number of amides is 1. The fourth-order valence-corrected chi connectivity index (χ4v) is 5.27. The van der Waals surface area contributed by atoms with Crippen LogP contribution in [0.1, 0.15) is 24.1 Å². The molecule has 1 amide bonds. The SMILES string of the molecule is CC1=C(C(=O)Nc2ccc(F)cc2)C(c2ccc(F)cc2)n2c(s/c(=C/c3ccccc3Cl)c2=O)=N1. The van der Waals surface area contributed by atoms with Crippen LogP contribution in [0.3, 0.4) is 0 Å². The molecular weight excluding hydrogens is 504 g/mol. The molecule has 4 aromatic rings. The van der Waals surface area contributed by atoms with Gasteiger partial charge in [0.25, 0.3) is 11.5 Å². The summed E-state index contributed by atoms with van der Waals surface area (Å²) in [5.74, 6) is -1.38. The number of carbonyl (C=O) groups is 1. The molecule has 2 heterocycles. The second-order valence-corrected chi connectivity index (χ2v) is 9.53. The highest BCUT2D eigenvalue weighted by Crippen LogP contribution is 2.31. The van der Waals surface area contributed by atoms with Crippen molar-refractivity contribution in [1.82, 2.24) is 4.57 Å². The van der Waals surface area contributed by atoms with E-state index >= 15 is 0 Å². The molecule has 1 N–H and O–H groups in total. The largest absolute Gasteiger partial charge is 0.322 e. The summed E-state index contributed by atoms with van der Waals surface area (Å²) in [5.41, 5.74) is 1.88. The molecule has 5 nitrogen and oxygen atoms in total. The molecule has 0 fully saturated rings. The molecule has 0 saturated carbocycles. The van der Waals surface area contributed by atoms with Gasteiger partial charge in [-0.3, -0.25) is 14.2 Å². The second-order valence-electron chi connectivity index (χ2n) is 8.12. The second kappa shape index (κ2) is 9.64. The number of anilines is 1. The van der Waals surface area contributed by atoms with Crippen molar-refractivity contribution in [3.05, 3.63) is 132 Å². The first-order valence-corrected chi connectivity index (χ1v) is 12.1. The molecule has 180 valence electrons. The number of hydrogen-bond acceptors (Lipinski definition) is 4. The van der Waals surface area contributed by atoms with Crippen LogP contribution < -0.4 is 20.2 Å². The van der Waals surface area contributed by atoms with Crippen molar-refractivity contribution in [2.24, 2.45) is 4.99 Å².